The molecule has 0 radical (unpaired) electrons. The molecule has 0 unspecified atom stereocenters. The molecule has 0 fully saturated rings. The maximum atomic E-state index is 5.92. The fraction of sp³-hybridized carbons (Fsp3) is 0. The smallest absolute Gasteiger partial charge is 0.0792 e. The van der Waals surface area contributed by atoms with Crippen molar-refractivity contribution < 1.29 is 0 Å². The molecule has 0 atom stereocenters. The zero-order chi connectivity index (χ0) is 10.6. The summed E-state index contributed by atoms with van der Waals surface area (Å²) in [6.07, 6.45) is 0. The second kappa shape index (κ2) is 3.62. The SMILES string of the molecule is ClC1=C(Cl)C2=C(Cl)C(Cl)=C(Cl)C2=C1Cl. The summed E-state index contributed by atoms with van der Waals surface area (Å²) in [6.45, 7) is 0. The van der Waals surface area contributed by atoms with E-state index in [1.165, 1.54) is 0 Å². The molecule has 0 saturated heterocycles. The first-order valence-corrected chi connectivity index (χ1v) is 5.65. The lowest BCUT2D eigenvalue weighted by molar-refractivity contribution is 1.61. The fourth-order valence-electron chi connectivity index (χ4n) is 1.26. The third kappa shape index (κ3) is 1.29. The topological polar surface area (TPSA) is 0 Å². The standard InChI is InChI=1S/C8Cl6/c9-3-1-2(5(11)7(3)13)6(12)8(14)4(1)10. The largest absolute Gasteiger partial charge is 0.0819 e. The van der Waals surface area contributed by atoms with Crippen LogP contribution in [0.2, 0.25) is 0 Å². The predicted molar refractivity (Wildman–Crippen MR) is 63.2 cm³/mol. The molecule has 0 aromatic rings. The zero-order valence-corrected chi connectivity index (χ0v) is 10.8. The van der Waals surface area contributed by atoms with Crippen LogP contribution in [0.3, 0.4) is 0 Å². The number of rotatable bonds is 0. The van der Waals surface area contributed by atoms with E-state index in [0.717, 1.165) is 0 Å². The Bertz CT molecular complexity index is 418. The Balaban J connectivity index is 2.76. The van der Waals surface area contributed by atoms with E-state index in [0.29, 0.717) is 11.1 Å². The van der Waals surface area contributed by atoms with Crippen molar-refractivity contribution in [1.29, 1.82) is 0 Å². The first kappa shape index (κ1) is 11.2. The van der Waals surface area contributed by atoms with Crippen LogP contribution in [0.4, 0.5) is 0 Å². The maximum Gasteiger partial charge on any atom is 0.0792 e. The van der Waals surface area contributed by atoms with E-state index < -0.39 is 0 Å². The minimum atomic E-state index is 0.249. The minimum absolute atomic E-state index is 0.249. The maximum absolute atomic E-state index is 5.92. The monoisotopic (exact) mass is 306 g/mol. The number of allylic oxidation sites excluding steroid dienone is 8. The summed E-state index contributed by atoms with van der Waals surface area (Å²) in [5.41, 5.74) is 1.02. The third-order valence-electron chi connectivity index (χ3n) is 1.90. The summed E-state index contributed by atoms with van der Waals surface area (Å²) < 4.78 is 0. The van der Waals surface area contributed by atoms with Crippen molar-refractivity contribution in [3.63, 3.8) is 0 Å². The van der Waals surface area contributed by atoms with Crippen molar-refractivity contribution in [1.82, 2.24) is 0 Å². The van der Waals surface area contributed by atoms with Crippen LogP contribution in [0.15, 0.2) is 41.3 Å². The molecule has 0 aliphatic heterocycles. The van der Waals surface area contributed by atoms with Crippen molar-refractivity contribution in [2.24, 2.45) is 0 Å². The van der Waals surface area contributed by atoms with Gasteiger partial charge < -0.3 is 0 Å². The number of halogens is 6. The van der Waals surface area contributed by atoms with E-state index in [9.17, 15) is 0 Å². The Kier molecular flexibility index (Phi) is 2.90. The van der Waals surface area contributed by atoms with Gasteiger partial charge in [0.05, 0.1) is 30.2 Å². The van der Waals surface area contributed by atoms with Gasteiger partial charge in [-0.15, -0.1) is 0 Å². The number of fused-ring (bicyclic) bond motifs is 1. The molecule has 2 aliphatic carbocycles. The van der Waals surface area contributed by atoms with Gasteiger partial charge in [-0.1, -0.05) is 69.6 Å². The van der Waals surface area contributed by atoms with Crippen molar-refractivity contribution in [3.05, 3.63) is 41.3 Å². The van der Waals surface area contributed by atoms with Gasteiger partial charge in [0.25, 0.3) is 0 Å². The quantitative estimate of drug-likeness (QED) is 0.564. The van der Waals surface area contributed by atoms with E-state index in [1.807, 2.05) is 0 Å². The van der Waals surface area contributed by atoms with Gasteiger partial charge in [0.15, 0.2) is 0 Å². The lowest BCUT2D eigenvalue weighted by Gasteiger charge is -1.97. The van der Waals surface area contributed by atoms with E-state index in [1.54, 1.807) is 0 Å². The van der Waals surface area contributed by atoms with Crippen LogP contribution in [0.5, 0.6) is 0 Å². The summed E-state index contributed by atoms with van der Waals surface area (Å²) in [6, 6.07) is 0. The Hall–Kier alpha value is 0.700. The van der Waals surface area contributed by atoms with Gasteiger partial charge in [-0.2, -0.15) is 0 Å². The average Bonchev–Trinajstić information content (AvgIpc) is 2.51. The highest BCUT2D eigenvalue weighted by molar-refractivity contribution is 6.57. The van der Waals surface area contributed by atoms with Gasteiger partial charge in [-0.05, 0) is 0 Å². The Morgan fingerprint density at radius 3 is 0.929 bits per heavy atom. The van der Waals surface area contributed by atoms with Gasteiger partial charge in [-0.3, -0.25) is 0 Å². The summed E-state index contributed by atoms with van der Waals surface area (Å²) in [5.74, 6) is 0. The molecular weight excluding hydrogens is 309 g/mol. The molecule has 0 N–H and O–H groups in total. The molecule has 0 nitrogen and oxygen atoms in total. The highest BCUT2D eigenvalue weighted by Crippen LogP contribution is 2.55. The average molecular weight is 309 g/mol. The van der Waals surface area contributed by atoms with Crippen molar-refractivity contribution >= 4 is 69.6 Å². The Morgan fingerprint density at radius 2 is 0.643 bits per heavy atom. The first-order valence-electron chi connectivity index (χ1n) is 3.38. The summed E-state index contributed by atoms with van der Waals surface area (Å²) in [5, 5.41) is 1.63. The molecule has 2 rings (SSSR count). The number of hydrogen-bond donors (Lipinski definition) is 0. The Labute approximate surface area is 110 Å². The highest BCUT2D eigenvalue weighted by atomic mass is 35.5. The third-order valence-corrected chi connectivity index (χ3v) is 4.55. The van der Waals surface area contributed by atoms with Crippen LogP contribution < -0.4 is 0 Å². The molecule has 0 aromatic carbocycles. The van der Waals surface area contributed by atoms with Crippen molar-refractivity contribution in [2.75, 3.05) is 0 Å². The second-order valence-corrected chi connectivity index (χ2v) is 4.90. The van der Waals surface area contributed by atoms with E-state index >= 15 is 0 Å². The summed E-state index contributed by atoms with van der Waals surface area (Å²) >= 11 is 35.3. The van der Waals surface area contributed by atoms with Crippen LogP contribution >= 0.6 is 69.6 Å². The minimum Gasteiger partial charge on any atom is -0.0819 e. The molecule has 6 heteroatoms. The lowest BCUT2D eigenvalue weighted by atomic mass is 10.2. The molecule has 0 aromatic heterocycles. The van der Waals surface area contributed by atoms with Crippen molar-refractivity contribution in [3.8, 4) is 0 Å². The second-order valence-electron chi connectivity index (χ2n) is 2.63. The molecule has 2 aliphatic rings. The molecule has 0 spiro atoms. The molecule has 74 valence electrons. The molecular formula is C8Cl6. The van der Waals surface area contributed by atoms with Crippen molar-refractivity contribution in [2.45, 2.75) is 0 Å². The number of hydrogen-bond acceptors (Lipinski definition) is 0. The van der Waals surface area contributed by atoms with Crippen LogP contribution in [0, 0.1) is 0 Å². The highest BCUT2D eigenvalue weighted by Gasteiger charge is 2.36. The van der Waals surface area contributed by atoms with E-state index in [-0.39, 0.29) is 30.2 Å². The van der Waals surface area contributed by atoms with Crippen LogP contribution in [0.1, 0.15) is 0 Å². The van der Waals surface area contributed by atoms with Gasteiger partial charge in [0, 0.05) is 11.1 Å². The Morgan fingerprint density at radius 1 is 0.357 bits per heavy atom. The fourth-order valence-corrected chi connectivity index (χ4v) is 2.97. The molecule has 14 heavy (non-hydrogen) atoms. The zero-order valence-electron chi connectivity index (χ0n) is 6.27. The van der Waals surface area contributed by atoms with E-state index in [4.69, 9.17) is 69.6 Å². The summed E-state index contributed by atoms with van der Waals surface area (Å²) in [7, 11) is 0. The summed E-state index contributed by atoms with van der Waals surface area (Å²) in [4.78, 5) is 0. The molecule has 0 bridgehead atoms. The van der Waals surface area contributed by atoms with Gasteiger partial charge in [-0.25, -0.2) is 0 Å². The van der Waals surface area contributed by atoms with Crippen LogP contribution in [-0.4, -0.2) is 0 Å². The first-order chi connectivity index (χ1) is 6.46. The van der Waals surface area contributed by atoms with Crippen LogP contribution in [0.25, 0.3) is 0 Å². The predicted octanol–water partition coefficient (Wildman–Crippen LogP) is 5.38. The van der Waals surface area contributed by atoms with Crippen LogP contribution in [-0.2, 0) is 0 Å². The molecule has 0 amide bonds. The van der Waals surface area contributed by atoms with Gasteiger partial charge >= 0.3 is 0 Å². The van der Waals surface area contributed by atoms with E-state index in [2.05, 4.69) is 0 Å². The van der Waals surface area contributed by atoms with Gasteiger partial charge in [0.2, 0.25) is 0 Å². The molecule has 0 heterocycles. The lowest BCUT2D eigenvalue weighted by Crippen LogP contribution is -1.80. The normalized spacial score (nSPS) is 21.9. The molecule has 0 saturated carbocycles. The van der Waals surface area contributed by atoms with Gasteiger partial charge in [0.1, 0.15) is 0 Å².